The van der Waals surface area contributed by atoms with Crippen molar-refractivity contribution >= 4 is 55.7 Å². The second kappa shape index (κ2) is 8.31. The molecule has 1 aliphatic rings. The smallest absolute Gasteiger partial charge is 0.301 e. The van der Waals surface area contributed by atoms with E-state index in [1.807, 2.05) is 0 Å². The first-order chi connectivity index (χ1) is 16.0. The minimum atomic E-state index is -0.902. The summed E-state index contributed by atoms with van der Waals surface area (Å²) in [5.41, 5.74) is 1.54. The zero-order chi connectivity index (χ0) is 23.1. The van der Waals surface area contributed by atoms with Crippen LogP contribution in [0.4, 0.5) is 5.13 Å². The van der Waals surface area contributed by atoms with Crippen LogP contribution in [0, 0.1) is 0 Å². The van der Waals surface area contributed by atoms with E-state index in [0.29, 0.717) is 32.5 Å². The lowest BCUT2D eigenvalue weighted by Crippen LogP contribution is -2.29. The normalized spacial score (nSPS) is 17.6. The van der Waals surface area contributed by atoms with E-state index in [1.165, 1.54) is 23.3 Å². The van der Waals surface area contributed by atoms with E-state index in [1.54, 1.807) is 67.0 Å². The van der Waals surface area contributed by atoms with Crippen molar-refractivity contribution in [3.05, 3.63) is 88.7 Å². The first-order valence-electron chi connectivity index (χ1n) is 9.89. The summed E-state index contributed by atoms with van der Waals surface area (Å²) in [5, 5.41) is 12.0. The van der Waals surface area contributed by atoms with Crippen molar-refractivity contribution in [1.82, 2.24) is 9.97 Å². The number of carbonyl (C=O) groups excluding carboxylic acids is 2. The van der Waals surface area contributed by atoms with Crippen LogP contribution in [0.3, 0.4) is 0 Å². The Labute approximate surface area is 197 Å². The van der Waals surface area contributed by atoms with Crippen LogP contribution in [0.2, 0.25) is 5.02 Å². The number of pyridine rings is 1. The van der Waals surface area contributed by atoms with Gasteiger partial charge in [0.1, 0.15) is 11.5 Å². The van der Waals surface area contributed by atoms with Crippen LogP contribution in [0.15, 0.2) is 72.6 Å². The van der Waals surface area contributed by atoms with Crippen LogP contribution in [0.5, 0.6) is 5.75 Å². The van der Waals surface area contributed by atoms with E-state index in [2.05, 4.69) is 9.97 Å². The largest absolute Gasteiger partial charge is 0.507 e. The van der Waals surface area contributed by atoms with Gasteiger partial charge in [0, 0.05) is 23.0 Å². The van der Waals surface area contributed by atoms with Crippen molar-refractivity contribution in [3.63, 3.8) is 0 Å². The predicted octanol–water partition coefficient (Wildman–Crippen LogP) is 4.98. The van der Waals surface area contributed by atoms with E-state index in [4.69, 9.17) is 16.3 Å². The van der Waals surface area contributed by atoms with Gasteiger partial charge in [0.2, 0.25) is 0 Å². The Morgan fingerprint density at radius 2 is 2.00 bits per heavy atom. The molecule has 1 fully saturated rings. The number of hydrogen-bond donors (Lipinski definition) is 1. The van der Waals surface area contributed by atoms with Crippen LogP contribution in [-0.2, 0) is 9.59 Å². The highest BCUT2D eigenvalue weighted by molar-refractivity contribution is 7.22. The highest BCUT2D eigenvalue weighted by atomic mass is 35.5. The van der Waals surface area contributed by atoms with Crippen LogP contribution in [-0.4, -0.2) is 33.9 Å². The minimum absolute atomic E-state index is 0.0430. The average molecular weight is 478 g/mol. The number of Topliss-reactive ketones (excluding diaryl/α,β-unsaturated/α-hetero) is 1. The van der Waals surface area contributed by atoms with Gasteiger partial charge >= 0.3 is 5.91 Å². The number of nitrogens with zero attached hydrogens (tertiary/aromatic N) is 3. The number of carbonyl (C=O) groups is 2. The third kappa shape index (κ3) is 3.63. The molecule has 9 heteroatoms. The number of benzene rings is 2. The number of amides is 1. The Kier molecular flexibility index (Phi) is 5.32. The first-order valence-corrected chi connectivity index (χ1v) is 11.1. The minimum Gasteiger partial charge on any atom is -0.507 e. The molecule has 3 heterocycles. The molecule has 1 saturated heterocycles. The van der Waals surface area contributed by atoms with Gasteiger partial charge in [-0.25, -0.2) is 4.98 Å². The second-order valence-corrected chi connectivity index (χ2v) is 8.74. The second-order valence-electron chi connectivity index (χ2n) is 7.30. The number of rotatable bonds is 4. The van der Waals surface area contributed by atoms with E-state index >= 15 is 0 Å². The summed E-state index contributed by atoms with van der Waals surface area (Å²) in [6, 6.07) is 14.4. The fourth-order valence-corrected chi connectivity index (χ4v) is 5.07. The van der Waals surface area contributed by atoms with Gasteiger partial charge < -0.3 is 9.84 Å². The van der Waals surface area contributed by atoms with Crippen molar-refractivity contribution in [3.8, 4) is 5.75 Å². The lowest BCUT2D eigenvalue weighted by molar-refractivity contribution is -0.132. The molecule has 0 bridgehead atoms. The lowest BCUT2D eigenvalue weighted by Gasteiger charge is -2.22. The van der Waals surface area contributed by atoms with E-state index < -0.39 is 17.7 Å². The van der Waals surface area contributed by atoms with Gasteiger partial charge in [-0.1, -0.05) is 41.1 Å². The molecule has 1 unspecified atom stereocenters. The maximum Gasteiger partial charge on any atom is 0.301 e. The molecule has 1 N–H and O–H groups in total. The van der Waals surface area contributed by atoms with Crippen LogP contribution < -0.4 is 9.64 Å². The fourth-order valence-electron chi connectivity index (χ4n) is 3.80. The summed E-state index contributed by atoms with van der Waals surface area (Å²) in [5.74, 6) is -1.37. The SMILES string of the molecule is COc1cccc(/C(O)=C2\C(=O)C(=O)N(c3nc4ccc(Cl)cc4s3)C2c2cccnc2)c1. The molecule has 5 rings (SSSR count). The van der Waals surface area contributed by atoms with E-state index in [0.717, 1.165) is 4.70 Å². The molecular formula is C24H16ClN3O4S. The molecule has 7 nitrogen and oxygen atoms in total. The number of aromatic nitrogens is 2. The van der Waals surface area contributed by atoms with Crippen LogP contribution in [0.1, 0.15) is 17.2 Å². The van der Waals surface area contributed by atoms with Crippen molar-refractivity contribution < 1.29 is 19.4 Å². The number of halogens is 1. The molecule has 0 saturated carbocycles. The molecule has 4 aromatic rings. The number of ketones is 1. The summed E-state index contributed by atoms with van der Waals surface area (Å²) < 4.78 is 6.01. The van der Waals surface area contributed by atoms with Gasteiger partial charge in [-0.2, -0.15) is 0 Å². The monoisotopic (exact) mass is 477 g/mol. The molecule has 2 aromatic carbocycles. The molecule has 0 aliphatic carbocycles. The van der Waals surface area contributed by atoms with Crippen LogP contribution in [0.25, 0.3) is 16.0 Å². The number of ether oxygens (including phenoxy) is 1. The zero-order valence-electron chi connectivity index (χ0n) is 17.2. The Morgan fingerprint density at radius 1 is 1.15 bits per heavy atom. The Bertz CT molecular complexity index is 1430. The van der Waals surface area contributed by atoms with Gasteiger partial charge in [0.05, 0.1) is 28.9 Å². The Morgan fingerprint density at radius 3 is 2.76 bits per heavy atom. The van der Waals surface area contributed by atoms with E-state index in [-0.39, 0.29) is 11.3 Å². The van der Waals surface area contributed by atoms with Crippen molar-refractivity contribution in [2.75, 3.05) is 12.0 Å². The summed E-state index contributed by atoms with van der Waals surface area (Å²) in [4.78, 5) is 36.5. The number of methoxy groups -OCH3 is 1. The first kappa shape index (κ1) is 21.1. The molecule has 1 amide bonds. The summed E-state index contributed by atoms with van der Waals surface area (Å²) >= 11 is 7.35. The number of aliphatic hydroxyl groups is 1. The van der Waals surface area contributed by atoms with E-state index in [9.17, 15) is 14.7 Å². The van der Waals surface area contributed by atoms with Gasteiger partial charge in [-0.3, -0.25) is 19.5 Å². The topological polar surface area (TPSA) is 92.6 Å². The molecule has 164 valence electrons. The third-order valence-corrected chi connectivity index (χ3v) is 6.59. The number of aliphatic hydroxyl groups excluding tert-OH is 1. The Balaban J connectivity index is 1.72. The molecule has 1 aliphatic heterocycles. The highest BCUT2D eigenvalue weighted by Gasteiger charge is 2.48. The third-order valence-electron chi connectivity index (χ3n) is 5.33. The number of anilines is 1. The van der Waals surface area contributed by atoms with Gasteiger partial charge in [0.25, 0.3) is 5.78 Å². The van der Waals surface area contributed by atoms with Crippen molar-refractivity contribution in [1.29, 1.82) is 0 Å². The Hall–Kier alpha value is -3.75. The van der Waals surface area contributed by atoms with Crippen molar-refractivity contribution in [2.45, 2.75) is 6.04 Å². The molecule has 1 atom stereocenters. The van der Waals surface area contributed by atoms with Gasteiger partial charge in [-0.15, -0.1) is 0 Å². The van der Waals surface area contributed by atoms with Crippen molar-refractivity contribution in [2.24, 2.45) is 0 Å². The molecule has 2 aromatic heterocycles. The zero-order valence-corrected chi connectivity index (χ0v) is 18.8. The summed E-state index contributed by atoms with van der Waals surface area (Å²) in [6.45, 7) is 0. The van der Waals surface area contributed by atoms with Crippen LogP contribution >= 0.6 is 22.9 Å². The lowest BCUT2D eigenvalue weighted by atomic mass is 9.96. The number of fused-ring (bicyclic) bond motifs is 1. The molecule has 0 radical (unpaired) electrons. The molecular weight excluding hydrogens is 462 g/mol. The predicted molar refractivity (Wildman–Crippen MR) is 127 cm³/mol. The van der Waals surface area contributed by atoms with Gasteiger partial charge in [0.15, 0.2) is 5.13 Å². The highest BCUT2D eigenvalue weighted by Crippen LogP contribution is 2.44. The molecule has 0 spiro atoms. The summed E-state index contributed by atoms with van der Waals surface area (Å²) in [7, 11) is 1.51. The maximum absolute atomic E-state index is 13.2. The average Bonchev–Trinajstić information content (AvgIpc) is 3.37. The number of hydrogen-bond acceptors (Lipinski definition) is 7. The fraction of sp³-hybridized carbons (Fsp3) is 0.0833. The van der Waals surface area contributed by atoms with Gasteiger partial charge in [-0.05, 0) is 42.0 Å². The quantitative estimate of drug-likeness (QED) is 0.253. The number of thiazole rings is 1. The molecule has 33 heavy (non-hydrogen) atoms. The standard InChI is InChI=1S/C24H16ClN3O4S/c1-32-16-6-2-4-13(10-16)21(29)19-20(14-5-3-9-26-12-14)28(23(31)22(19)30)24-27-17-8-7-15(25)11-18(17)33-24/h2-12,20,29H,1H3/b21-19+. The summed E-state index contributed by atoms with van der Waals surface area (Å²) in [6.07, 6.45) is 3.16. The maximum atomic E-state index is 13.2.